The van der Waals surface area contributed by atoms with Crippen molar-refractivity contribution in [3.63, 3.8) is 0 Å². The van der Waals surface area contributed by atoms with E-state index in [0.717, 1.165) is 12.8 Å². The number of aliphatic hydroxyl groups excluding tert-OH is 1. The number of ketones is 1. The predicted molar refractivity (Wildman–Crippen MR) is 77.3 cm³/mol. The summed E-state index contributed by atoms with van der Waals surface area (Å²) in [5, 5.41) is 10.0. The van der Waals surface area contributed by atoms with Crippen LogP contribution in [0.3, 0.4) is 0 Å². The number of rotatable bonds is 6. The number of Topliss-reactive ketones (excluding diaryl/α,β-unsaturated/α-hetero) is 1. The van der Waals surface area contributed by atoms with Crippen molar-refractivity contribution >= 4 is 17.2 Å². The van der Waals surface area contributed by atoms with Crippen LogP contribution < -0.4 is 0 Å². The molecule has 0 aliphatic carbocycles. The predicted octanol–water partition coefficient (Wildman–Crippen LogP) is 3.68. The molecule has 2 rings (SSSR count). The van der Waals surface area contributed by atoms with Crippen molar-refractivity contribution in [1.29, 1.82) is 0 Å². The zero-order valence-electron chi connectivity index (χ0n) is 11.4. The lowest BCUT2D eigenvalue weighted by Crippen LogP contribution is -2.32. The number of benzene rings is 1. The lowest BCUT2D eigenvalue weighted by Gasteiger charge is -2.19. The van der Waals surface area contributed by atoms with E-state index < -0.39 is 6.10 Å². The van der Waals surface area contributed by atoms with Crippen molar-refractivity contribution in [1.82, 2.24) is 0 Å². The van der Waals surface area contributed by atoms with Gasteiger partial charge in [0, 0.05) is 5.56 Å². The molecule has 0 spiro atoms. The SMILES string of the molecule is CCCCCCCC1=Nc2ccccc2C(=O)[C@@H]1O. The van der Waals surface area contributed by atoms with E-state index >= 15 is 0 Å². The highest BCUT2D eigenvalue weighted by Crippen LogP contribution is 2.27. The summed E-state index contributed by atoms with van der Waals surface area (Å²) in [4.78, 5) is 16.5. The van der Waals surface area contributed by atoms with E-state index in [9.17, 15) is 9.90 Å². The molecule has 0 radical (unpaired) electrons. The highest BCUT2D eigenvalue weighted by molar-refractivity contribution is 6.20. The fourth-order valence-corrected chi connectivity index (χ4v) is 2.40. The molecule has 1 aromatic rings. The number of carbonyl (C=O) groups is 1. The summed E-state index contributed by atoms with van der Waals surface area (Å²) >= 11 is 0. The second-order valence-corrected chi connectivity index (χ2v) is 5.05. The fraction of sp³-hybridized carbons (Fsp3) is 0.500. The van der Waals surface area contributed by atoms with Gasteiger partial charge in [0.05, 0.1) is 11.4 Å². The van der Waals surface area contributed by atoms with Crippen molar-refractivity contribution in [2.45, 2.75) is 51.6 Å². The molecule has 1 heterocycles. The second-order valence-electron chi connectivity index (χ2n) is 5.05. The van der Waals surface area contributed by atoms with Gasteiger partial charge in [-0.3, -0.25) is 9.79 Å². The minimum absolute atomic E-state index is 0.214. The summed E-state index contributed by atoms with van der Waals surface area (Å²) < 4.78 is 0. The quantitative estimate of drug-likeness (QED) is 0.792. The Labute approximate surface area is 114 Å². The molecular formula is C16H21NO2. The Bertz CT molecular complexity index is 479. The van der Waals surface area contributed by atoms with Crippen LogP contribution in [0.5, 0.6) is 0 Å². The van der Waals surface area contributed by atoms with Gasteiger partial charge in [-0.1, -0.05) is 44.7 Å². The fourth-order valence-electron chi connectivity index (χ4n) is 2.40. The Hall–Kier alpha value is -1.48. The van der Waals surface area contributed by atoms with E-state index in [4.69, 9.17) is 0 Å². The average Bonchev–Trinajstić information content (AvgIpc) is 2.44. The van der Waals surface area contributed by atoms with Gasteiger partial charge < -0.3 is 5.11 Å². The van der Waals surface area contributed by atoms with Crippen molar-refractivity contribution in [2.24, 2.45) is 4.99 Å². The van der Waals surface area contributed by atoms with E-state index in [1.54, 1.807) is 12.1 Å². The average molecular weight is 259 g/mol. The highest BCUT2D eigenvalue weighted by atomic mass is 16.3. The number of hydrogen-bond acceptors (Lipinski definition) is 3. The minimum Gasteiger partial charge on any atom is -0.379 e. The van der Waals surface area contributed by atoms with Crippen LogP contribution in [0.4, 0.5) is 5.69 Å². The van der Waals surface area contributed by atoms with Gasteiger partial charge in [-0.2, -0.15) is 0 Å². The molecule has 1 aromatic carbocycles. The number of unbranched alkanes of at least 4 members (excludes halogenated alkanes) is 4. The van der Waals surface area contributed by atoms with E-state index in [1.165, 1.54) is 19.3 Å². The monoisotopic (exact) mass is 259 g/mol. The van der Waals surface area contributed by atoms with Crippen molar-refractivity contribution in [2.75, 3.05) is 0 Å². The topological polar surface area (TPSA) is 49.7 Å². The number of hydrogen-bond donors (Lipinski definition) is 1. The maximum absolute atomic E-state index is 12.0. The maximum atomic E-state index is 12.0. The van der Waals surface area contributed by atoms with E-state index in [1.807, 2.05) is 12.1 Å². The van der Waals surface area contributed by atoms with Gasteiger partial charge in [0.1, 0.15) is 0 Å². The first kappa shape index (κ1) is 13.9. The van der Waals surface area contributed by atoms with Crippen LogP contribution in [0.2, 0.25) is 0 Å². The third kappa shape index (κ3) is 3.29. The van der Waals surface area contributed by atoms with Crippen LogP contribution in [-0.2, 0) is 0 Å². The van der Waals surface area contributed by atoms with Crippen molar-refractivity contribution < 1.29 is 9.90 Å². The molecule has 0 amide bonds. The lowest BCUT2D eigenvalue weighted by molar-refractivity contribution is 0.0838. The van der Waals surface area contributed by atoms with Crippen LogP contribution in [0.1, 0.15) is 55.8 Å². The highest BCUT2D eigenvalue weighted by Gasteiger charge is 2.28. The van der Waals surface area contributed by atoms with Crippen molar-refractivity contribution in [3.8, 4) is 0 Å². The van der Waals surface area contributed by atoms with E-state index in [-0.39, 0.29) is 5.78 Å². The zero-order valence-corrected chi connectivity index (χ0v) is 11.4. The molecule has 1 N–H and O–H groups in total. The van der Waals surface area contributed by atoms with Gasteiger partial charge in [0.25, 0.3) is 0 Å². The molecule has 1 aliphatic rings. The molecule has 1 atom stereocenters. The van der Waals surface area contributed by atoms with Gasteiger partial charge >= 0.3 is 0 Å². The zero-order chi connectivity index (χ0) is 13.7. The lowest BCUT2D eigenvalue weighted by atomic mass is 9.94. The number of carbonyl (C=O) groups excluding carboxylic acids is 1. The third-order valence-corrected chi connectivity index (χ3v) is 3.53. The Morgan fingerprint density at radius 1 is 1.16 bits per heavy atom. The van der Waals surface area contributed by atoms with E-state index in [0.29, 0.717) is 23.4 Å². The first-order chi connectivity index (χ1) is 9.24. The normalized spacial score (nSPS) is 18.1. The largest absolute Gasteiger partial charge is 0.379 e. The molecule has 0 fully saturated rings. The number of fused-ring (bicyclic) bond motifs is 1. The third-order valence-electron chi connectivity index (χ3n) is 3.53. The number of nitrogens with zero attached hydrogens (tertiary/aromatic N) is 1. The summed E-state index contributed by atoms with van der Waals surface area (Å²) in [7, 11) is 0. The standard InChI is InChI=1S/C16H21NO2/c1-2-3-4-5-6-11-14-16(19)15(18)12-9-7-8-10-13(12)17-14/h7-10,16,19H,2-6,11H2,1H3/t16-/m1/s1. The second kappa shape index (κ2) is 6.62. The summed E-state index contributed by atoms with van der Waals surface area (Å²) in [5.74, 6) is -0.214. The van der Waals surface area contributed by atoms with Gasteiger partial charge in [0.15, 0.2) is 11.9 Å². The minimum atomic E-state index is -1.04. The van der Waals surface area contributed by atoms with Gasteiger partial charge in [-0.05, 0) is 25.0 Å². The Balaban J connectivity index is 2.01. The van der Waals surface area contributed by atoms with Gasteiger partial charge in [0.2, 0.25) is 0 Å². The van der Waals surface area contributed by atoms with Gasteiger partial charge in [-0.15, -0.1) is 0 Å². The van der Waals surface area contributed by atoms with Crippen molar-refractivity contribution in [3.05, 3.63) is 29.8 Å². The molecule has 0 bridgehead atoms. The molecule has 0 unspecified atom stereocenters. The smallest absolute Gasteiger partial charge is 0.199 e. The Morgan fingerprint density at radius 3 is 2.68 bits per heavy atom. The van der Waals surface area contributed by atoms with Crippen LogP contribution >= 0.6 is 0 Å². The van der Waals surface area contributed by atoms with Crippen LogP contribution in [-0.4, -0.2) is 22.7 Å². The first-order valence-electron chi connectivity index (χ1n) is 7.12. The summed E-state index contributed by atoms with van der Waals surface area (Å²) in [6.45, 7) is 2.19. The molecule has 0 saturated carbocycles. The number of aliphatic hydroxyl groups is 1. The van der Waals surface area contributed by atoms with Crippen LogP contribution in [0.25, 0.3) is 0 Å². The molecule has 0 aromatic heterocycles. The molecule has 3 nitrogen and oxygen atoms in total. The Morgan fingerprint density at radius 2 is 1.89 bits per heavy atom. The summed E-state index contributed by atoms with van der Waals surface area (Å²) in [6.07, 6.45) is 5.48. The molecule has 102 valence electrons. The molecular weight excluding hydrogens is 238 g/mol. The molecule has 0 saturated heterocycles. The Kier molecular flexibility index (Phi) is 4.86. The van der Waals surface area contributed by atoms with Gasteiger partial charge in [-0.25, -0.2) is 0 Å². The molecule has 3 heteroatoms. The summed E-state index contributed by atoms with van der Waals surface area (Å²) in [5.41, 5.74) is 1.85. The van der Waals surface area contributed by atoms with Crippen LogP contribution in [0.15, 0.2) is 29.3 Å². The first-order valence-corrected chi connectivity index (χ1v) is 7.12. The van der Waals surface area contributed by atoms with Crippen LogP contribution in [0, 0.1) is 0 Å². The number of aliphatic imine (C=N–C) groups is 1. The molecule has 1 aliphatic heterocycles. The summed E-state index contributed by atoms with van der Waals surface area (Å²) in [6, 6.07) is 7.22. The van der Waals surface area contributed by atoms with E-state index in [2.05, 4.69) is 11.9 Å². The maximum Gasteiger partial charge on any atom is 0.199 e. The number of para-hydroxylation sites is 1. The molecule has 19 heavy (non-hydrogen) atoms.